The molecule has 1 heterocycles. The number of carboxylic acid groups (broad SMARTS) is 1. The van der Waals surface area contributed by atoms with Crippen molar-refractivity contribution >= 4 is 11.7 Å². The summed E-state index contributed by atoms with van der Waals surface area (Å²) in [6.45, 7) is 10.7. The SMILES string of the molecule is [C-]#[N+]c1ccc(-c2c(C)[nH]c(CC)c2C(=O)O)cc1. The van der Waals surface area contributed by atoms with Crippen molar-refractivity contribution in [3.8, 4) is 11.1 Å². The zero-order valence-electron chi connectivity index (χ0n) is 10.8. The largest absolute Gasteiger partial charge is 0.478 e. The van der Waals surface area contributed by atoms with E-state index in [0.29, 0.717) is 23.2 Å². The Hall–Kier alpha value is -2.54. The van der Waals surface area contributed by atoms with Crippen molar-refractivity contribution in [2.75, 3.05) is 0 Å². The van der Waals surface area contributed by atoms with E-state index in [9.17, 15) is 9.90 Å². The van der Waals surface area contributed by atoms with Gasteiger partial charge in [-0.3, -0.25) is 0 Å². The third kappa shape index (κ3) is 2.23. The molecular formula is C15H14N2O2. The van der Waals surface area contributed by atoms with Crippen molar-refractivity contribution in [3.05, 3.63) is 52.6 Å². The number of hydrogen-bond donors (Lipinski definition) is 2. The summed E-state index contributed by atoms with van der Waals surface area (Å²) in [5.41, 5.74) is 3.97. The number of aromatic carboxylic acids is 1. The third-order valence-corrected chi connectivity index (χ3v) is 3.12. The highest BCUT2D eigenvalue weighted by atomic mass is 16.4. The fourth-order valence-electron chi connectivity index (χ4n) is 2.25. The molecule has 4 heteroatoms. The van der Waals surface area contributed by atoms with Crippen LogP contribution >= 0.6 is 0 Å². The van der Waals surface area contributed by atoms with E-state index < -0.39 is 5.97 Å². The number of hydrogen-bond acceptors (Lipinski definition) is 1. The van der Waals surface area contributed by atoms with Crippen LogP contribution in [0.25, 0.3) is 16.0 Å². The summed E-state index contributed by atoms with van der Waals surface area (Å²) in [4.78, 5) is 17.9. The molecule has 0 amide bonds. The van der Waals surface area contributed by atoms with E-state index in [1.807, 2.05) is 13.8 Å². The van der Waals surface area contributed by atoms with Crippen LogP contribution in [0.5, 0.6) is 0 Å². The Bertz CT molecular complexity index is 661. The monoisotopic (exact) mass is 254 g/mol. The van der Waals surface area contributed by atoms with Gasteiger partial charge in [0, 0.05) is 17.0 Å². The zero-order valence-corrected chi connectivity index (χ0v) is 10.8. The van der Waals surface area contributed by atoms with Gasteiger partial charge in [0.15, 0.2) is 5.69 Å². The van der Waals surface area contributed by atoms with Crippen LogP contribution in [0.2, 0.25) is 0 Å². The van der Waals surface area contributed by atoms with E-state index in [1.165, 1.54) is 0 Å². The molecule has 0 aliphatic heterocycles. The maximum absolute atomic E-state index is 11.4. The van der Waals surface area contributed by atoms with Crippen LogP contribution in [-0.2, 0) is 6.42 Å². The summed E-state index contributed by atoms with van der Waals surface area (Å²) in [6, 6.07) is 6.98. The number of aromatic amines is 1. The van der Waals surface area contributed by atoms with Crippen LogP contribution in [-0.4, -0.2) is 16.1 Å². The summed E-state index contributed by atoms with van der Waals surface area (Å²) < 4.78 is 0. The predicted octanol–water partition coefficient (Wildman–Crippen LogP) is 3.80. The highest BCUT2D eigenvalue weighted by Gasteiger charge is 2.20. The highest BCUT2D eigenvalue weighted by molar-refractivity contribution is 5.98. The predicted molar refractivity (Wildman–Crippen MR) is 73.6 cm³/mol. The van der Waals surface area contributed by atoms with Crippen LogP contribution in [0, 0.1) is 13.5 Å². The van der Waals surface area contributed by atoms with Gasteiger partial charge in [-0.15, -0.1) is 0 Å². The molecule has 0 unspecified atom stereocenters. The second kappa shape index (κ2) is 4.99. The first-order valence-electron chi connectivity index (χ1n) is 6.01. The van der Waals surface area contributed by atoms with Crippen molar-refractivity contribution in [2.24, 2.45) is 0 Å². The maximum Gasteiger partial charge on any atom is 0.338 e. The lowest BCUT2D eigenvalue weighted by molar-refractivity contribution is 0.0696. The van der Waals surface area contributed by atoms with Crippen molar-refractivity contribution in [1.29, 1.82) is 0 Å². The van der Waals surface area contributed by atoms with E-state index in [4.69, 9.17) is 6.57 Å². The van der Waals surface area contributed by atoms with Crippen LogP contribution in [0.3, 0.4) is 0 Å². The number of nitrogens with zero attached hydrogens (tertiary/aromatic N) is 1. The fourth-order valence-corrected chi connectivity index (χ4v) is 2.25. The van der Waals surface area contributed by atoms with Gasteiger partial charge in [-0.25, -0.2) is 9.64 Å². The minimum atomic E-state index is -0.926. The molecule has 2 rings (SSSR count). The third-order valence-electron chi connectivity index (χ3n) is 3.12. The lowest BCUT2D eigenvalue weighted by atomic mass is 9.99. The first-order chi connectivity index (χ1) is 9.08. The number of carboxylic acids is 1. The van der Waals surface area contributed by atoms with Crippen LogP contribution in [0.15, 0.2) is 24.3 Å². The number of aromatic nitrogens is 1. The van der Waals surface area contributed by atoms with Crippen LogP contribution in [0.4, 0.5) is 5.69 Å². The van der Waals surface area contributed by atoms with E-state index in [1.54, 1.807) is 24.3 Å². The van der Waals surface area contributed by atoms with E-state index >= 15 is 0 Å². The number of benzene rings is 1. The minimum absolute atomic E-state index is 0.329. The Balaban J connectivity index is 2.64. The molecule has 4 nitrogen and oxygen atoms in total. The zero-order chi connectivity index (χ0) is 14.0. The molecule has 0 atom stereocenters. The highest BCUT2D eigenvalue weighted by Crippen LogP contribution is 2.31. The smallest absolute Gasteiger partial charge is 0.338 e. The van der Waals surface area contributed by atoms with Crippen molar-refractivity contribution in [1.82, 2.24) is 4.98 Å². The molecule has 2 N–H and O–H groups in total. The summed E-state index contributed by atoms with van der Waals surface area (Å²) in [6.07, 6.45) is 0.641. The lowest BCUT2D eigenvalue weighted by Crippen LogP contribution is -2.01. The molecule has 1 aromatic carbocycles. The molecule has 0 fully saturated rings. The normalized spacial score (nSPS) is 10.2. The molecule has 0 spiro atoms. The van der Waals surface area contributed by atoms with Gasteiger partial charge in [-0.1, -0.05) is 31.2 Å². The number of rotatable bonds is 3. The molecule has 0 aliphatic rings. The first kappa shape index (κ1) is 12.9. The average molecular weight is 254 g/mol. The Kier molecular flexibility index (Phi) is 3.39. The second-order valence-corrected chi connectivity index (χ2v) is 4.30. The van der Waals surface area contributed by atoms with Crippen molar-refractivity contribution < 1.29 is 9.90 Å². The van der Waals surface area contributed by atoms with E-state index in [0.717, 1.165) is 17.0 Å². The van der Waals surface area contributed by atoms with E-state index in [-0.39, 0.29) is 0 Å². The Morgan fingerprint density at radius 3 is 2.47 bits per heavy atom. The van der Waals surface area contributed by atoms with Gasteiger partial charge >= 0.3 is 5.97 Å². The quantitative estimate of drug-likeness (QED) is 0.818. The van der Waals surface area contributed by atoms with Gasteiger partial charge in [-0.2, -0.15) is 0 Å². The van der Waals surface area contributed by atoms with Gasteiger partial charge in [0.25, 0.3) is 0 Å². The topological polar surface area (TPSA) is 57.5 Å². The van der Waals surface area contributed by atoms with Gasteiger partial charge in [-0.05, 0) is 18.9 Å². The minimum Gasteiger partial charge on any atom is -0.478 e. The van der Waals surface area contributed by atoms with Crippen molar-refractivity contribution in [2.45, 2.75) is 20.3 Å². The van der Waals surface area contributed by atoms with Crippen molar-refractivity contribution in [3.63, 3.8) is 0 Å². The molecule has 2 aromatic rings. The standard InChI is InChI=1S/C15H14N2O2/c1-4-12-14(15(18)19)13(9(2)17-12)10-5-7-11(16-3)8-6-10/h5-8,17H,4H2,1-2H3,(H,18,19). The fraction of sp³-hybridized carbons (Fsp3) is 0.200. The molecule has 96 valence electrons. The van der Waals surface area contributed by atoms with Gasteiger partial charge in [0.1, 0.15) is 0 Å². The molecular weight excluding hydrogens is 240 g/mol. The lowest BCUT2D eigenvalue weighted by Gasteiger charge is -2.04. The molecule has 0 saturated carbocycles. The van der Waals surface area contributed by atoms with Gasteiger partial charge < -0.3 is 10.1 Å². The summed E-state index contributed by atoms with van der Waals surface area (Å²) in [7, 11) is 0. The van der Waals surface area contributed by atoms with Crippen LogP contribution < -0.4 is 0 Å². The van der Waals surface area contributed by atoms with Gasteiger partial charge in [0.05, 0.1) is 12.1 Å². The molecule has 0 radical (unpaired) electrons. The maximum atomic E-state index is 11.4. The number of H-pyrrole nitrogens is 1. The van der Waals surface area contributed by atoms with Gasteiger partial charge in [0.2, 0.25) is 0 Å². The Labute approximate surface area is 111 Å². The Morgan fingerprint density at radius 1 is 1.37 bits per heavy atom. The molecule has 0 saturated heterocycles. The number of carbonyl (C=O) groups is 1. The van der Waals surface area contributed by atoms with Crippen LogP contribution in [0.1, 0.15) is 28.7 Å². The molecule has 0 bridgehead atoms. The molecule has 1 aromatic heterocycles. The molecule has 0 aliphatic carbocycles. The Morgan fingerprint density at radius 2 is 2.00 bits per heavy atom. The summed E-state index contributed by atoms with van der Waals surface area (Å²) in [5, 5.41) is 9.38. The summed E-state index contributed by atoms with van der Waals surface area (Å²) in [5.74, 6) is -0.926. The number of aryl methyl sites for hydroxylation is 2. The van der Waals surface area contributed by atoms with E-state index in [2.05, 4.69) is 9.83 Å². The first-order valence-corrected chi connectivity index (χ1v) is 6.01. The second-order valence-electron chi connectivity index (χ2n) is 4.30. The summed E-state index contributed by atoms with van der Waals surface area (Å²) >= 11 is 0. The molecule has 19 heavy (non-hydrogen) atoms. The average Bonchev–Trinajstić information content (AvgIpc) is 2.76. The number of nitrogens with one attached hydrogen (secondary N) is 1.